The van der Waals surface area contributed by atoms with Crippen molar-refractivity contribution in [2.24, 2.45) is 0 Å². The molecule has 1 amide bonds. The fourth-order valence-corrected chi connectivity index (χ4v) is 3.44. The fraction of sp³-hybridized carbons (Fsp3) is 0.269. The van der Waals surface area contributed by atoms with E-state index in [1.165, 1.54) is 17.7 Å². The number of hydrogen-bond acceptors (Lipinski definition) is 3. The Morgan fingerprint density at radius 3 is 2.29 bits per heavy atom. The first kappa shape index (κ1) is 22.3. The molecule has 0 saturated heterocycles. The van der Waals surface area contributed by atoms with Gasteiger partial charge in [0, 0.05) is 0 Å². The number of carbonyl (C=O) groups is 1. The molecule has 3 rings (SSSR count). The van der Waals surface area contributed by atoms with Crippen LogP contribution in [0.25, 0.3) is 0 Å². The minimum atomic E-state index is -0.538. The molecular weight excluding hydrogens is 393 g/mol. The van der Waals surface area contributed by atoms with Gasteiger partial charge in [-0.05, 0) is 62.1 Å². The normalized spacial score (nSPS) is 11.6. The molecule has 0 aliphatic carbocycles. The van der Waals surface area contributed by atoms with E-state index in [1.54, 1.807) is 12.1 Å². The van der Waals surface area contributed by atoms with Gasteiger partial charge in [0.2, 0.25) is 0 Å². The highest BCUT2D eigenvalue weighted by atomic mass is 19.1. The van der Waals surface area contributed by atoms with Crippen LogP contribution in [0.1, 0.15) is 47.8 Å². The molecule has 0 aliphatic heterocycles. The summed E-state index contributed by atoms with van der Waals surface area (Å²) in [6.45, 7) is 4.86. The van der Waals surface area contributed by atoms with Gasteiger partial charge in [0.05, 0.1) is 24.8 Å². The molecule has 0 spiro atoms. The van der Waals surface area contributed by atoms with Crippen molar-refractivity contribution in [2.45, 2.75) is 32.7 Å². The van der Waals surface area contributed by atoms with E-state index in [4.69, 9.17) is 9.47 Å². The van der Waals surface area contributed by atoms with E-state index in [1.807, 2.05) is 50.2 Å². The van der Waals surface area contributed by atoms with Crippen LogP contribution in [0, 0.1) is 5.82 Å². The van der Waals surface area contributed by atoms with Crippen molar-refractivity contribution in [3.63, 3.8) is 0 Å². The van der Waals surface area contributed by atoms with Crippen molar-refractivity contribution < 1.29 is 18.7 Å². The summed E-state index contributed by atoms with van der Waals surface area (Å²) in [4.78, 5) is 12.8. The molecule has 162 valence electrons. The molecule has 1 atom stereocenters. The Bertz CT molecular complexity index is 991. The molecule has 0 heterocycles. The zero-order valence-corrected chi connectivity index (χ0v) is 17.9. The first-order valence-electron chi connectivity index (χ1n) is 10.6. The summed E-state index contributed by atoms with van der Waals surface area (Å²) in [5.41, 5.74) is 2.08. The Labute approximate surface area is 183 Å². The Balaban J connectivity index is 1.88. The Morgan fingerprint density at radius 2 is 1.58 bits per heavy atom. The van der Waals surface area contributed by atoms with Crippen molar-refractivity contribution in [1.82, 2.24) is 5.32 Å². The maximum absolute atomic E-state index is 14.1. The quantitative estimate of drug-likeness (QED) is 0.455. The minimum Gasteiger partial charge on any atom is -0.490 e. The topological polar surface area (TPSA) is 47.6 Å². The van der Waals surface area contributed by atoms with Crippen LogP contribution in [0.15, 0.2) is 72.8 Å². The molecule has 4 nitrogen and oxygen atoms in total. The molecule has 1 N–H and O–H groups in total. The Kier molecular flexibility index (Phi) is 8.05. The van der Waals surface area contributed by atoms with Gasteiger partial charge >= 0.3 is 0 Å². The summed E-state index contributed by atoms with van der Waals surface area (Å²) >= 11 is 0. The first-order chi connectivity index (χ1) is 15.1. The van der Waals surface area contributed by atoms with Crippen molar-refractivity contribution in [3.8, 4) is 11.5 Å². The first-order valence-corrected chi connectivity index (χ1v) is 10.6. The standard InChI is InChI=1S/C26H28FNO3/c1-3-30-24-17-15-20(18-25(24)31-4-2)23(16-14-19-10-6-5-7-11-19)28-26(29)21-12-8-9-13-22(21)27/h5-13,15,17-18,23H,3-4,14,16H2,1-2H3,(H,28,29)/t23-/m1/s1. The third-order valence-corrected chi connectivity index (χ3v) is 4.96. The smallest absolute Gasteiger partial charge is 0.254 e. The minimum absolute atomic E-state index is 0.0307. The number of hydrogen-bond donors (Lipinski definition) is 1. The number of amides is 1. The summed E-state index contributed by atoms with van der Waals surface area (Å²) in [5.74, 6) is 0.313. The van der Waals surface area contributed by atoms with Crippen LogP contribution in [0.2, 0.25) is 0 Å². The van der Waals surface area contributed by atoms with E-state index in [-0.39, 0.29) is 11.6 Å². The van der Waals surface area contributed by atoms with Gasteiger partial charge < -0.3 is 14.8 Å². The second-order valence-corrected chi connectivity index (χ2v) is 7.10. The summed E-state index contributed by atoms with van der Waals surface area (Å²) in [6, 6.07) is 21.4. The van der Waals surface area contributed by atoms with E-state index < -0.39 is 11.7 Å². The largest absolute Gasteiger partial charge is 0.490 e. The zero-order valence-electron chi connectivity index (χ0n) is 17.9. The van der Waals surface area contributed by atoms with E-state index >= 15 is 0 Å². The van der Waals surface area contributed by atoms with E-state index in [0.29, 0.717) is 31.1 Å². The third-order valence-electron chi connectivity index (χ3n) is 4.96. The van der Waals surface area contributed by atoms with Crippen LogP contribution < -0.4 is 14.8 Å². The van der Waals surface area contributed by atoms with Crippen LogP contribution in [-0.2, 0) is 6.42 Å². The molecule has 5 heteroatoms. The van der Waals surface area contributed by atoms with Crippen LogP contribution in [0.5, 0.6) is 11.5 Å². The summed E-state index contributed by atoms with van der Waals surface area (Å²) in [5, 5.41) is 3.01. The summed E-state index contributed by atoms with van der Waals surface area (Å²) < 4.78 is 25.6. The van der Waals surface area contributed by atoms with Gasteiger partial charge in [0.1, 0.15) is 5.82 Å². The number of benzene rings is 3. The number of aryl methyl sites for hydroxylation is 1. The lowest BCUT2D eigenvalue weighted by Crippen LogP contribution is -2.29. The zero-order chi connectivity index (χ0) is 22.1. The number of nitrogens with one attached hydrogen (secondary N) is 1. The maximum atomic E-state index is 14.1. The molecule has 0 aromatic heterocycles. The molecular formula is C26H28FNO3. The molecule has 0 aliphatic rings. The lowest BCUT2D eigenvalue weighted by Gasteiger charge is -2.21. The highest BCUT2D eigenvalue weighted by molar-refractivity contribution is 5.94. The Morgan fingerprint density at radius 1 is 0.903 bits per heavy atom. The van der Waals surface area contributed by atoms with Crippen LogP contribution >= 0.6 is 0 Å². The number of halogens is 1. The van der Waals surface area contributed by atoms with Gasteiger partial charge in [-0.15, -0.1) is 0 Å². The van der Waals surface area contributed by atoms with Gasteiger partial charge in [0.15, 0.2) is 11.5 Å². The summed E-state index contributed by atoms with van der Waals surface area (Å²) in [6.07, 6.45) is 1.42. The Hall–Kier alpha value is -3.34. The maximum Gasteiger partial charge on any atom is 0.254 e. The third kappa shape index (κ3) is 6.07. The predicted octanol–water partition coefficient (Wildman–Crippen LogP) is 5.73. The lowest BCUT2D eigenvalue weighted by atomic mass is 9.98. The molecule has 0 unspecified atom stereocenters. The van der Waals surface area contributed by atoms with Crippen LogP contribution in [0.3, 0.4) is 0 Å². The molecule has 0 saturated carbocycles. The molecule has 0 fully saturated rings. The number of rotatable bonds is 10. The van der Waals surface area contributed by atoms with Crippen LogP contribution in [0.4, 0.5) is 4.39 Å². The average Bonchev–Trinajstić information content (AvgIpc) is 2.79. The van der Waals surface area contributed by atoms with Gasteiger partial charge in [-0.2, -0.15) is 0 Å². The predicted molar refractivity (Wildman–Crippen MR) is 120 cm³/mol. The molecule has 3 aromatic carbocycles. The van der Waals surface area contributed by atoms with Crippen molar-refractivity contribution >= 4 is 5.91 Å². The molecule has 0 radical (unpaired) electrons. The van der Waals surface area contributed by atoms with E-state index in [9.17, 15) is 9.18 Å². The van der Waals surface area contributed by atoms with E-state index in [2.05, 4.69) is 17.4 Å². The molecule has 31 heavy (non-hydrogen) atoms. The van der Waals surface area contributed by atoms with Gasteiger partial charge in [-0.3, -0.25) is 4.79 Å². The van der Waals surface area contributed by atoms with Gasteiger partial charge in [-0.25, -0.2) is 4.39 Å². The summed E-state index contributed by atoms with van der Waals surface area (Å²) in [7, 11) is 0. The number of carbonyl (C=O) groups excluding carboxylic acids is 1. The lowest BCUT2D eigenvalue weighted by molar-refractivity contribution is 0.0930. The van der Waals surface area contributed by atoms with Crippen molar-refractivity contribution in [3.05, 3.63) is 95.3 Å². The van der Waals surface area contributed by atoms with Crippen LogP contribution in [-0.4, -0.2) is 19.1 Å². The highest BCUT2D eigenvalue weighted by Crippen LogP contribution is 2.32. The van der Waals surface area contributed by atoms with Gasteiger partial charge in [-0.1, -0.05) is 48.5 Å². The molecule has 0 bridgehead atoms. The van der Waals surface area contributed by atoms with Gasteiger partial charge in [0.25, 0.3) is 5.91 Å². The van der Waals surface area contributed by atoms with Crippen molar-refractivity contribution in [2.75, 3.05) is 13.2 Å². The monoisotopic (exact) mass is 421 g/mol. The second-order valence-electron chi connectivity index (χ2n) is 7.10. The number of ether oxygens (including phenoxy) is 2. The fourth-order valence-electron chi connectivity index (χ4n) is 3.44. The van der Waals surface area contributed by atoms with E-state index in [0.717, 1.165) is 12.0 Å². The SMILES string of the molecule is CCOc1ccc([C@@H](CCc2ccccc2)NC(=O)c2ccccc2F)cc1OCC. The average molecular weight is 422 g/mol. The second kappa shape index (κ2) is 11.2. The highest BCUT2D eigenvalue weighted by Gasteiger charge is 2.20. The molecule has 3 aromatic rings. The van der Waals surface area contributed by atoms with Crippen molar-refractivity contribution in [1.29, 1.82) is 0 Å².